The van der Waals surface area contributed by atoms with Gasteiger partial charge in [-0.3, -0.25) is 0 Å². The average molecular weight is 219 g/mol. The Morgan fingerprint density at radius 2 is 1.87 bits per heavy atom. The van der Waals surface area contributed by atoms with Crippen LogP contribution in [0, 0.1) is 0 Å². The highest BCUT2D eigenvalue weighted by Crippen LogP contribution is 2.35. The Morgan fingerprint density at radius 3 is 2.73 bits per heavy atom. The fourth-order valence-electron chi connectivity index (χ4n) is 1.77. The Morgan fingerprint density at radius 1 is 1.07 bits per heavy atom. The van der Waals surface area contributed by atoms with E-state index in [0.29, 0.717) is 10.6 Å². The van der Waals surface area contributed by atoms with Gasteiger partial charge in [0.15, 0.2) is 5.58 Å². The molecule has 3 rings (SSSR count). The number of halogens is 1. The molecule has 74 valence electrons. The van der Waals surface area contributed by atoms with Gasteiger partial charge in [0, 0.05) is 16.8 Å². The highest BCUT2D eigenvalue weighted by molar-refractivity contribution is 6.36. The molecule has 0 aliphatic heterocycles. The molecule has 0 radical (unpaired) electrons. The van der Waals surface area contributed by atoms with Crippen LogP contribution in [0.15, 0.2) is 40.8 Å². The SMILES string of the molecule is Oc1cc(Cl)c2oc3ccccc3c2c1. The Kier molecular flexibility index (Phi) is 1.67. The van der Waals surface area contributed by atoms with Crippen LogP contribution in [-0.2, 0) is 0 Å². The zero-order chi connectivity index (χ0) is 10.4. The summed E-state index contributed by atoms with van der Waals surface area (Å²) in [6.07, 6.45) is 0. The lowest BCUT2D eigenvalue weighted by Gasteiger charge is -1.94. The first kappa shape index (κ1) is 8.62. The van der Waals surface area contributed by atoms with E-state index in [-0.39, 0.29) is 5.75 Å². The van der Waals surface area contributed by atoms with Crippen molar-refractivity contribution in [2.75, 3.05) is 0 Å². The van der Waals surface area contributed by atoms with Crippen molar-refractivity contribution in [2.45, 2.75) is 0 Å². The van der Waals surface area contributed by atoms with Crippen molar-refractivity contribution in [2.24, 2.45) is 0 Å². The van der Waals surface area contributed by atoms with Crippen LogP contribution in [-0.4, -0.2) is 5.11 Å². The number of phenolic OH excluding ortho intramolecular Hbond substituents is 1. The molecule has 0 unspecified atom stereocenters. The number of aromatic hydroxyl groups is 1. The van der Waals surface area contributed by atoms with Gasteiger partial charge in [0.2, 0.25) is 0 Å². The molecule has 15 heavy (non-hydrogen) atoms. The Hall–Kier alpha value is -1.67. The van der Waals surface area contributed by atoms with E-state index in [0.717, 1.165) is 16.4 Å². The van der Waals surface area contributed by atoms with E-state index in [2.05, 4.69) is 0 Å². The van der Waals surface area contributed by atoms with Gasteiger partial charge < -0.3 is 9.52 Å². The van der Waals surface area contributed by atoms with E-state index in [1.54, 1.807) is 6.07 Å². The summed E-state index contributed by atoms with van der Waals surface area (Å²) in [4.78, 5) is 0. The lowest BCUT2D eigenvalue weighted by Crippen LogP contribution is -1.69. The zero-order valence-electron chi connectivity index (χ0n) is 7.70. The molecular weight excluding hydrogens is 212 g/mol. The van der Waals surface area contributed by atoms with Gasteiger partial charge in [0.1, 0.15) is 11.3 Å². The molecule has 0 spiro atoms. The molecule has 0 fully saturated rings. The molecule has 0 aliphatic rings. The van der Waals surface area contributed by atoms with Gasteiger partial charge in [-0.05, 0) is 12.1 Å². The second kappa shape index (κ2) is 2.91. The molecule has 0 saturated carbocycles. The number of rotatable bonds is 0. The third-order valence-electron chi connectivity index (χ3n) is 2.42. The number of hydrogen-bond donors (Lipinski definition) is 1. The van der Waals surface area contributed by atoms with Gasteiger partial charge in [-0.25, -0.2) is 0 Å². The molecule has 1 heterocycles. The van der Waals surface area contributed by atoms with Gasteiger partial charge in [-0.2, -0.15) is 0 Å². The van der Waals surface area contributed by atoms with Crippen molar-refractivity contribution in [1.29, 1.82) is 0 Å². The predicted molar refractivity (Wildman–Crippen MR) is 60.4 cm³/mol. The molecule has 0 aliphatic carbocycles. The van der Waals surface area contributed by atoms with Crippen LogP contribution in [0.5, 0.6) is 5.75 Å². The smallest absolute Gasteiger partial charge is 0.154 e. The van der Waals surface area contributed by atoms with Crippen LogP contribution in [0.25, 0.3) is 21.9 Å². The number of fused-ring (bicyclic) bond motifs is 3. The molecule has 3 heteroatoms. The molecule has 0 amide bonds. The van der Waals surface area contributed by atoms with E-state index in [4.69, 9.17) is 16.0 Å². The van der Waals surface area contributed by atoms with Gasteiger partial charge in [0.25, 0.3) is 0 Å². The molecule has 1 N–H and O–H groups in total. The number of phenols is 1. The van der Waals surface area contributed by atoms with Crippen LogP contribution < -0.4 is 0 Å². The standard InChI is InChI=1S/C12H7ClO2/c13-10-6-7(14)5-9-8-3-1-2-4-11(8)15-12(9)10/h1-6,14H. The summed E-state index contributed by atoms with van der Waals surface area (Å²) in [5.74, 6) is 0.152. The first-order valence-electron chi connectivity index (χ1n) is 4.55. The van der Waals surface area contributed by atoms with E-state index in [1.807, 2.05) is 24.3 Å². The van der Waals surface area contributed by atoms with Gasteiger partial charge in [0.05, 0.1) is 5.02 Å². The van der Waals surface area contributed by atoms with Crippen molar-refractivity contribution >= 4 is 33.5 Å². The number of hydrogen-bond acceptors (Lipinski definition) is 2. The molecular formula is C12H7ClO2. The van der Waals surface area contributed by atoms with Crippen LogP contribution in [0.2, 0.25) is 5.02 Å². The third kappa shape index (κ3) is 1.18. The lowest BCUT2D eigenvalue weighted by atomic mass is 10.1. The average Bonchev–Trinajstić information content (AvgIpc) is 2.57. The van der Waals surface area contributed by atoms with E-state index >= 15 is 0 Å². The lowest BCUT2D eigenvalue weighted by molar-refractivity contribution is 0.476. The monoisotopic (exact) mass is 218 g/mol. The van der Waals surface area contributed by atoms with E-state index in [1.165, 1.54) is 6.07 Å². The van der Waals surface area contributed by atoms with Crippen molar-refractivity contribution in [3.8, 4) is 5.75 Å². The highest BCUT2D eigenvalue weighted by atomic mass is 35.5. The molecule has 2 aromatic carbocycles. The number of benzene rings is 2. The quantitative estimate of drug-likeness (QED) is 0.620. The normalized spacial score (nSPS) is 11.3. The molecule has 1 aromatic heterocycles. The highest BCUT2D eigenvalue weighted by Gasteiger charge is 2.10. The Balaban J connectivity index is 2.61. The predicted octanol–water partition coefficient (Wildman–Crippen LogP) is 3.95. The minimum Gasteiger partial charge on any atom is -0.508 e. The fraction of sp³-hybridized carbons (Fsp3) is 0. The van der Waals surface area contributed by atoms with Crippen LogP contribution in [0.1, 0.15) is 0 Å². The summed E-state index contributed by atoms with van der Waals surface area (Å²) in [7, 11) is 0. The minimum absolute atomic E-state index is 0.152. The second-order valence-corrected chi connectivity index (χ2v) is 3.81. The summed E-state index contributed by atoms with van der Waals surface area (Å²) in [5.41, 5.74) is 1.40. The Bertz CT molecular complexity index is 655. The topological polar surface area (TPSA) is 33.4 Å². The third-order valence-corrected chi connectivity index (χ3v) is 2.70. The largest absolute Gasteiger partial charge is 0.508 e. The van der Waals surface area contributed by atoms with Crippen molar-refractivity contribution in [3.63, 3.8) is 0 Å². The number of para-hydroxylation sites is 1. The maximum Gasteiger partial charge on any atom is 0.154 e. The van der Waals surface area contributed by atoms with Gasteiger partial charge in [-0.15, -0.1) is 0 Å². The Labute approximate surface area is 90.7 Å². The minimum atomic E-state index is 0.152. The first-order valence-corrected chi connectivity index (χ1v) is 4.93. The summed E-state index contributed by atoms with van der Waals surface area (Å²) in [5, 5.41) is 11.7. The summed E-state index contributed by atoms with van der Waals surface area (Å²) >= 11 is 5.98. The summed E-state index contributed by atoms with van der Waals surface area (Å²) in [6.45, 7) is 0. The summed E-state index contributed by atoms with van der Waals surface area (Å²) in [6, 6.07) is 10.8. The molecule has 0 atom stereocenters. The van der Waals surface area contributed by atoms with Crippen molar-refractivity contribution < 1.29 is 9.52 Å². The first-order chi connectivity index (χ1) is 7.25. The maximum atomic E-state index is 9.46. The summed E-state index contributed by atoms with van der Waals surface area (Å²) < 4.78 is 5.60. The second-order valence-electron chi connectivity index (χ2n) is 3.40. The molecule has 0 saturated heterocycles. The van der Waals surface area contributed by atoms with Crippen molar-refractivity contribution in [3.05, 3.63) is 41.4 Å². The van der Waals surface area contributed by atoms with E-state index in [9.17, 15) is 5.11 Å². The van der Waals surface area contributed by atoms with Crippen LogP contribution >= 0.6 is 11.6 Å². The maximum absolute atomic E-state index is 9.46. The van der Waals surface area contributed by atoms with Gasteiger partial charge in [-0.1, -0.05) is 29.8 Å². The number of furan rings is 1. The fourth-order valence-corrected chi connectivity index (χ4v) is 2.02. The van der Waals surface area contributed by atoms with E-state index < -0.39 is 0 Å². The van der Waals surface area contributed by atoms with Gasteiger partial charge >= 0.3 is 0 Å². The molecule has 3 aromatic rings. The molecule has 0 bridgehead atoms. The zero-order valence-corrected chi connectivity index (χ0v) is 8.45. The van der Waals surface area contributed by atoms with Crippen molar-refractivity contribution in [1.82, 2.24) is 0 Å². The van der Waals surface area contributed by atoms with Crippen LogP contribution in [0.3, 0.4) is 0 Å². The van der Waals surface area contributed by atoms with Crippen LogP contribution in [0.4, 0.5) is 0 Å². The molecule has 2 nitrogen and oxygen atoms in total.